The van der Waals surface area contributed by atoms with Gasteiger partial charge in [0, 0.05) is 23.1 Å². The Hall–Kier alpha value is -2.95. The van der Waals surface area contributed by atoms with Crippen LogP contribution in [-0.4, -0.2) is 24.6 Å². The minimum atomic E-state index is 0.386. The summed E-state index contributed by atoms with van der Waals surface area (Å²) < 4.78 is 5.30. The van der Waals surface area contributed by atoms with E-state index in [1.165, 1.54) is 16.6 Å². The van der Waals surface area contributed by atoms with Gasteiger partial charge in [-0.15, -0.1) is 0 Å². The fourth-order valence-electron chi connectivity index (χ4n) is 2.87. The molecule has 0 fully saturated rings. The molecule has 1 heterocycles. The molecule has 2 aromatic carbocycles. The molecule has 3 rings (SSSR count). The molecule has 3 aromatic rings. The van der Waals surface area contributed by atoms with Gasteiger partial charge in [0.1, 0.15) is 5.75 Å². The Balaban J connectivity index is 1.68. The molecule has 0 radical (unpaired) electrons. The Morgan fingerprint density at radius 3 is 2.75 bits per heavy atom. The van der Waals surface area contributed by atoms with Crippen LogP contribution in [0.2, 0.25) is 0 Å². The van der Waals surface area contributed by atoms with Crippen molar-refractivity contribution < 1.29 is 4.74 Å². The van der Waals surface area contributed by atoms with Crippen LogP contribution < -0.4 is 15.8 Å². The summed E-state index contributed by atoms with van der Waals surface area (Å²) in [5.41, 5.74) is 10.4. The summed E-state index contributed by atoms with van der Waals surface area (Å²) in [5, 5.41) is 4.34. The predicted molar refractivity (Wildman–Crippen MR) is 99.8 cm³/mol. The van der Waals surface area contributed by atoms with Crippen molar-refractivity contribution in [1.82, 2.24) is 4.98 Å². The van der Waals surface area contributed by atoms with Gasteiger partial charge in [0.2, 0.25) is 0 Å². The molecular formula is C19H22N4O. The van der Waals surface area contributed by atoms with Crippen LogP contribution in [-0.2, 0) is 6.42 Å². The van der Waals surface area contributed by atoms with E-state index in [1.807, 2.05) is 30.3 Å². The van der Waals surface area contributed by atoms with Gasteiger partial charge in [0.05, 0.1) is 12.8 Å². The molecule has 0 aliphatic rings. The third-order valence-electron chi connectivity index (χ3n) is 4.04. The van der Waals surface area contributed by atoms with E-state index in [2.05, 4.69) is 40.4 Å². The van der Waals surface area contributed by atoms with E-state index in [-0.39, 0.29) is 0 Å². The Bertz CT molecular complexity index is 867. The molecule has 124 valence electrons. The molecule has 0 spiro atoms. The molecule has 0 amide bonds. The van der Waals surface area contributed by atoms with Gasteiger partial charge < -0.3 is 20.8 Å². The monoisotopic (exact) mass is 322 g/mol. The van der Waals surface area contributed by atoms with E-state index >= 15 is 0 Å². The summed E-state index contributed by atoms with van der Waals surface area (Å²) in [6.45, 7) is 2.71. The molecule has 0 atom stereocenters. The van der Waals surface area contributed by atoms with Crippen LogP contribution in [0.15, 0.2) is 53.5 Å². The number of fused-ring (bicyclic) bond motifs is 1. The molecule has 5 heteroatoms. The molecular weight excluding hydrogens is 300 g/mol. The average molecular weight is 322 g/mol. The summed E-state index contributed by atoms with van der Waals surface area (Å²) in [5.74, 6) is 1.13. The number of nitrogens with one attached hydrogen (secondary N) is 2. The van der Waals surface area contributed by atoms with Gasteiger partial charge in [0.15, 0.2) is 5.96 Å². The van der Waals surface area contributed by atoms with E-state index < -0.39 is 0 Å². The summed E-state index contributed by atoms with van der Waals surface area (Å²) in [6, 6.07) is 15.9. The first kappa shape index (κ1) is 15.9. The summed E-state index contributed by atoms with van der Waals surface area (Å²) in [7, 11) is 1.63. The lowest BCUT2D eigenvalue weighted by Crippen LogP contribution is -2.23. The van der Waals surface area contributed by atoms with Gasteiger partial charge in [-0.05, 0) is 37.1 Å². The first-order valence-electron chi connectivity index (χ1n) is 7.95. The summed E-state index contributed by atoms with van der Waals surface area (Å²) in [6.07, 6.45) is 0.837. The Kier molecular flexibility index (Phi) is 4.70. The lowest BCUT2D eigenvalue weighted by molar-refractivity contribution is 0.417. The number of H-pyrrole nitrogens is 1. The molecule has 1 aromatic heterocycles. The van der Waals surface area contributed by atoms with Crippen LogP contribution in [0.4, 0.5) is 5.69 Å². The first-order valence-corrected chi connectivity index (χ1v) is 7.95. The smallest absolute Gasteiger partial charge is 0.193 e. The maximum absolute atomic E-state index is 5.99. The Morgan fingerprint density at radius 1 is 1.17 bits per heavy atom. The second-order valence-electron chi connectivity index (χ2n) is 5.62. The SMILES string of the molecule is COc1ccccc1NC(N)=NCCc1c(C)[nH]c2ccccc12. The average Bonchev–Trinajstić information content (AvgIpc) is 2.91. The number of para-hydroxylation sites is 3. The highest BCUT2D eigenvalue weighted by atomic mass is 16.5. The van der Waals surface area contributed by atoms with Crippen molar-refractivity contribution in [2.75, 3.05) is 19.0 Å². The number of hydrogen-bond acceptors (Lipinski definition) is 2. The third-order valence-corrected chi connectivity index (χ3v) is 4.04. The lowest BCUT2D eigenvalue weighted by atomic mass is 10.1. The number of guanidine groups is 1. The van der Waals surface area contributed by atoms with Crippen LogP contribution in [0, 0.1) is 6.92 Å². The number of hydrogen-bond donors (Lipinski definition) is 3. The van der Waals surface area contributed by atoms with Crippen LogP contribution >= 0.6 is 0 Å². The maximum Gasteiger partial charge on any atom is 0.193 e. The fourth-order valence-corrected chi connectivity index (χ4v) is 2.87. The Morgan fingerprint density at radius 2 is 1.92 bits per heavy atom. The van der Waals surface area contributed by atoms with Gasteiger partial charge in [0.25, 0.3) is 0 Å². The van der Waals surface area contributed by atoms with Gasteiger partial charge in [-0.25, -0.2) is 0 Å². The van der Waals surface area contributed by atoms with Gasteiger partial charge >= 0.3 is 0 Å². The molecule has 0 saturated carbocycles. The van der Waals surface area contributed by atoms with Crippen molar-refractivity contribution in [2.24, 2.45) is 10.7 Å². The topological polar surface area (TPSA) is 75.4 Å². The highest BCUT2D eigenvalue weighted by molar-refractivity contribution is 5.93. The largest absolute Gasteiger partial charge is 0.495 e. The van der Waals surface area contributed by atoms with E-state index in [1.54, 1.807) is 7.11 Å². The number of aliphatic imine (C=N–C) groups is 1. The number of ether oxygens (including phenoxy) is 1. The lowest BCUT2D eigenvalue weighted by Gasteiger charge is -2.10. The number of methoxy groups -OCH3 is 1. The highest BCUT2D eigenvalue weighted by Gasteiger charge is 2.07. The van der Waals surface area contributed by atoms with E-state index in [0.717, 1.165) is 23.4 Å². The molecule has 0 bridgehead atoms. The van der Waals surface area contributed by atoms with Gasteiger partial charge in [-0.2, -0.15) is 0 Å². The van der Waals surface area contributed by atoms with Crippen molar-refractivity contribution in [2.45, 2.75) is 13.3 Å². The fraction of sp³-hybridized carbons (Fsp3) is 0.211. The summed E-state index contributed by atoms with van der Waals surface area (Å²) in [4.78, 5) is 7.84. The van der Waals surface area contributed by atoms with Crippen LogP contribution in [0.1, 0.15) is 11.3 Å². The molecule has 5 nitrogen and oxygen atoms in total. The zero-order valence-corrected chi connectivity index (χ0v) is 14.0. The number of rotatable bonds is 5. The van der Waals surface area contributed by atoms with Crippen LogP contribution in [0.25, 0.3) is 10.9 Å². The van der Waals surface area contributed by atoms with Gasteiger partial charge in [-0.3, -0.25) is 4.99 Å². The number of anilines is 1. The molecule has 0 aliphatic heterocycles. The minimum Gasteiger partial charge on any atom is -0.495 e. The molecule has 4 N–H and O–H groups in total. The van der Waals surface area contributed by atoms with Crippen molar-refractivity contribution in [3.05, 3.63) is 59.8 Å². The third kappa shape index (κ3) is 3.35. The summed E-state index contributed by atoms with van der Waals surface area (Å²) >= 11 is 0. The van der Waals surface area contributed by atoms with Crippen LogP contribution in [0.3, 0.4) is 0 Å². The molecule has 0 aliphatic carbocycles. The first-order chi connectivity index (χ1) is 11.7. The van der Waals surface area contributed by atoms with Crippen molar-refractivity contribution in [1.29, 1.82) is 0 Å². The van der Waals surface area contributed by atoms with E-state index in [4.69, 9.17) is 10.5 Å². The standard InChI is InChI=1S/C19H22N4O/c1-13-14(15-7-3-4-8-16(15)22-13)11-12-21-19(20)23-17-9-5-6-10-18(17)24-2/h3-10,22H,11-12H2,1-2H3,(H3,20,21,23). The normalized spacial score (nSPS) is 11.7. The number of nitrogens with zero attached hydrogens (tertiary/aromatic N) is 1. The molecule has 0 saturated heterocycles. The number of aryl methyl sites for hydroxylation is 1. The number of nitrogens with two attached hydrogens (primary N) is 1. The van der Waals surface area contributed by atoms with Crippen molar-refractivity contribution in [3.8, 4) is 5.75 Å². The second-order valence-corrected chi connectivity index (χ2v) is 5.62. The van der Waals surface area contributed by atoms with Crippen molar-refractivity contribution in [3.63, 3.8) is 0 Å². The van der Waals surface area contributed by atoms with Crippen molar-refractivity contribution >= 4 is 22.5 Å². The zero-order valence-electron chi connectivity index (χ0n) is 14.0. The molecule has 0 unspecified atom stereocenters. The molecule has 24 heavy (non-hydrogen) atoms. The number of aromatic nitrogens is 1. The number of benzene rings is 2. The zero-order chi connectivity index (χ0) is 16.9. The van der Waals surface area contributed by atoms with E-state index in [0.29, 0.717) is 12.5 Å². The van der Waals surface area contributed by atoms with E-state index in [9.17, 15) is 0 Å². The van der Waals surface area contributed by atoms with Gasteiger partial charge in [-0.1, -0.05) is 30.3 Å². The van der Waals surface area contributed by atoms with Crippen LogP contribution in [0.5, 0.6) is 5.75 Å². The highest BCUT2D eigenvalue weighted by Crippen LogP contribution is 2.23. The maximum atomic E-state index is 5.99. The Labute approximate surface area is 141 Å². The number of aromatic amines is 1. The predicted octanol–water partition coefficient (Wildman–Crippen LogP) is 3.45. The second kappa shape index (κ2) is 7.08. The minimum absolute atomic E-state index is 0.386. The quantitative estimate of drug-likeness (QED) is 0.497.